The number of hydrogen-bond donors (Lipinski definition) is 2. The van der Waals surface area contributed by atoms with Crippen LogP contribution in [-0.2, 0) is 6.54 Å². The van der Waals surface area contributed by atoms with Crippen LogP contribution in [0.1, 0.15) is 77.3 Å². The van der Waals surface area contributed by atoms with Crippen molar-refractivity contribution in [1.29, 1.82) is 0 Å². The molecule has 1 aromatic heterocycles. The van der Waals surface area contributed by atoms with E-state index in [1.807, 2.05) is 4.57 Å². The molecule has 2 saturated carbocycles. The molecule has 0 unspecified atom stereocenters. The Bertz CT molecular complexity index is 1080. The van der Waals surface area contributed by atoms with E-state index in [1.54, 1.807) is 44.8 Å². The number of pyridine rings is 1. The summed E-state index contributed by atoms with van der Waals surface area (Å²) in [5, 5.41) is 5.80. The Kier molecular flexibility index (Phi) is 7.01. The zero-order valence-corrected chi connectivity index (χ0v) is 19.2. The summed E-state index contributed by atoms with van der Waals surface area (Å²) < 4.78 is 12.4. The van der Waals surface area contributed by atoms with Gasteiger partial charge in [-0.1, -0.05) is 19.3 Å². The van der Waals surface area contributed by atoms with Crippen LogP contribution in [0.2, 0.25) is 0 Å². The van der Waals surface area contributed by atoms with Crippen LogP contribution in [-0.4, -0.2) is 36.6 Å². The molecule has 8 heteroatoms. The van der Waals surface area contributed by atoms with Gasteiger partial charge in [0.2, 0.25) is 5.43 Å². The lowest BCUT2D eigenvalue weighted by Crippen LogP contribution is -2.40. The van der Waals surface area contributed by atoms with Crippen molar-refractivity contribution in [1.82, 2.24) is 15.2 Å². The number of nitrogens with one attached hydrogen (secondary N) is 2. The minimum atomic E-state index is -0.542. The van der Waals surface area contributed by atoms with Gasteiger partial charge in [0.25, 0.3) is 11.8 Å². The smallest absolute Gasteiger partial charge is 0.257 e. The van der Waals surface area contributed by atoms with Crippen molar-refractivity contribution < 1.29 is 19.1 Å². The second kappa shape index (κ2) is 10.1. The molecule has 2 aliphatic rings. The van der Waals surface area contributed by atoms with Crippen LogP contribution in [0.4, 0.5) is 0 Å². The molecule has 8 nitrogen and oxygen atoms in total. The topological polar surface area (TPSA) is 98.7 Å². The average molecular weight is 454 g/mol. The minimum absolute atomic E-state index is 0.0225. The summed E-state index contributed by atoms with van der Waals surface area (Å²) in [5.41, 5.74) is 0.215. The summed E-state index contributed by atoms with van der Waals surface area (Å²) in [4.78, 5) is 39.1. The number of hydrogen-bond acceptors (Lipinski definition) is 5. The van der Waals surface area contributed by atoms with Crippen molar-refractivity contribution in [2.75, 3.05) is 14.2 Å². The first kappa shape index (κ1) is 22.9. The highest BCUT2D eigenvalue weighted by molar-refractivity contribution is 5.99. The number of benzene rings is 1. The van der Waals surface area contributed by atoms with Gasteiger partial charge in [-0.05, 0) is 37.8 Å². The highest BCUT2D eigenvalue weighted by atomic mass is 16.5. The molecular formula is C25H31N3O5. The van der Waals surface area contributed by atoms with Gasteiger partial charge in [-0.2, -0.15) is 0 Å². The summed E-state index contributed by atoms with van der Waals surface area (Å²) in [6.45, 7) is 0.174. The first-order valence-electron chi connectivity index (χ1n) is 11.6. The monoisotopic (exact) mass is 453 g/mol. The average Bonchev–Trinajstić information content (AvgIpc) is 3.68. The summed E-state index contributed by atoms with van der Waals surface area (Å²) in [7, 11) is 3.11. The number of ether oxygens (including phenoxy) is 2. The fourth-order valence-electron chi connectivity index (χ4n) is 4.28. The lowest BCUT2D eigenvalue weighted by Gasteiger charge is -2.23. The molecule has 0 spiro atoms. The van der Waals surface area contributed by atoms with Gasteiger partial charge in [-0.15, -0.1) is 0 Å². The van der Waals surface area contributed by atoms with Gasteiger partial charge in [0.15, 0.2) is 0 Å². The van der Waals surface area contributed by atoms with Crippen molar-refractivity contribution in [2.45, 2.75) is 63.6 Å². The van der Waals surface area contributed by atoms with Crippen molar-refractivity contribution in [3.8, 4) is 11.5 Å². The molecule has 2 aromatic rings. The molecule has 0 atom stereocenters. The molecule has 0 saturated heterocycles. The quantitative estimate of drug-likeness (QED) is 0.640. The fourth-order valence-corrected chi connectivity index (χ4v) is 4.28. The molecule has 2 amide bonds. The van der Waals surface area contributed by atoms with E-state index in [1.165, 1.54) is 6.42 Å². The maximum atomic E-state index is 13.1. The normalized spacial score (nSPS) is 16.2. The third-order valence-corrected chi connectivity index (χ3v) is 6.38. The van der Waals surface area contributed by atoms with E-state index in [0.717, 1.165) is 44.1 Å². The number of rotatable bonds is 8. The van der Waals surface area contributed by atoms with E-state index in [0.29, 0.717) is 11.5 Å². The molecule has 176 valence electrons. The summed E-state index contributed by atoms with van der Waals surface area (Å²) >= 11 is 0. The van der Waals surface area contributed by atoms with Gasteiger partial charge >= 0.3 is 0 Å². The summed E-state index contributed by atoms with van der Waals surface area (Å²) in [6.07, 6.45) is 10.3. The largest absolute Gasteiger partial charge is 0.497 e. The highest BCUT2D eigenvalue weighted by Gasteiger charge is 2.28. The molecule has 1 heterocycles. The Morgan fingerprint density at radius 3 is 2.30 bits per heavy atom. The van der Waals surface area contributed by atoms with Crippen LogP contribution in [0.3, 0.4) is 0 Å². The molecular weight excluding hydrogens is 422 g/mol. The molecule has 0 bridgehead atoms. The Morgan fingerprint density at radius 1 is 0.970 bits per heavy atom. The van der Waals surface area contributed by atoms with E-state index >= 15 is 0 Å². The first-order valence-corrected chi connectivity index (χ1v) is 11.6. The second-order valence-electron chi connectivity index (χ2n) is 8.76. The SMILES string of the molecule is COc1ccc(CNC(=O)c2cn(C3CC3)cc(C(=O)NC3CCCCC3)c2=O)c(OC)c1. The maximum absolute atomic E-state index is 13.1. The number of nitrogens with zero attached hydrogens (tertiary/aromatic N) is 1. The lowest BCUT2D eigenvalue weighted by molar-refractivity contribution is 0.0925. The number of methoxy groups -OCH3 is 2. The number of carbonyl (C=O) groups excluding carboxylic acids is 2. The molecule has 2 N–H and O–H groups in total. The van der Waals surface area contributed by atoms with Crippen LogP contribution < -0.4 is 25.5 Å². The van der Waals surface area contributed by atoms with E-state index in [2.05, 4.69) is 10.6 Å². The molecule has 0 radical (unpaired) electrons. The number of carbonyl (C=O) groups is 2. The number of amides is 2. The van der Waals surface area contributed by atoms with E-state index in [-0.39, 0.29) is 29.8 Å². The van der Waals surface area contributed by atoms with Crippen molar-refractivity contribution >= 4 is 11.8 Å². The Labute approximate surface area is 193 Å². The van der Waals surface area contributed by atoms with Crippen molar-refractivity contribution in [3.05, 3.63) is 57.5 Å². The zero-order chi connectivity index (χ0) is 23.4. The van der Waals surface area contributed by atoms with E-state index in [4.69, 9.17) is 9.47 Å². The van der Waals surface area contributed by atoms with Gasteiger partial charge in [-0.3, -0.25) is 14.4 Å². The third kappa shape index (κ3) is 5.38. The summed E-state index contributed by atoms with van der Waals surface area (Å²) in [6, 6.07) is 5.62. The molecule has 2 fully saturated rings. The maximum Gasteiger partial charge on any atom is 0.257 e. The Hall–Kier alpha value is -3.29. The van der Waals surface area contributed by atoms with Gasteiger partial charge in [0.1, 0.15) is 22.6 Å². The molecule has 0 aliphatic heterocycles. The Morgan fingerprint density at radius 2 is 1.67 bits per heavy atom. The summed E-state index contributed by atoms with van der Waals surface area (Å²) in [5.74, 6) is 0.309. The standard InChI is InChI=1S/C25H31N3O5/c1-32-19-11-8-16(22(12-19)33-2)13-26-24(30)20-14-28(18-9-10-18)15-21(23(20)29)25(31)27-17-6-4-3-5-7-17/h8,11-12,14-15,17-18H,3-7,9-10,13H2,1-2H3,(H,26,30)(H,27,31). The van der Waals surface area contributed by atoms with Gasteiger partial charge in [0, 0.05) is 42.7 Å². The predicted octanol–water partition coefficient (Wildman–Crippen LogP) is 3.19. The predicted molar refractivity (Wildman–Crippen MR) is 124 cm³/mol. The third-order valence-electron chi connectivity index (χ3n) is 6.38. The van der Waals surface area contributed by atoms with Gasteiger partial charge in [0.05, 0.1) is 14.2 Å². The van der Waals surface area contributed by atoms with Crippen LogP contribution in [0.5, 0.6) is 11.5 Å². The van der Waals surface area contributed by atoms with Gasteiger partial charge < -0.3 is 24.7 Å². The first-order chi connectivity index (χ1) is 16.0. The van der Waals surface area contributed by atoms with E-state index in [9.17, 15) is 14.4 Å². The molecule has 1 aromatic carbocycles. The van der Waals surface area contributed by atoms with Crippen LogP contribution in [0, 0.1) is 0 Å². The Balaban J connectivity index is 1.54. The second-order valence-corrected chi connectivity index (χ2v) is 8.76. The highest BCUT2D eigenvalue weighted by Crippen LogP contribution is 2.34. The van der Waals surface area contributed by atoms with Crippen LogP contribution >= 0.6 is 0 Å². The van der Waals surface area contributed by atoms with Crippen LogP contribution in [0.15, 0.2) is 35.4 Å². The molecule has 2 aliphatic carbocycles. The van der Waals surface area contributed by atoms with Gasteiger partial charge in [-0.25, -0.2) is 0 Å². The van der Waals surface area contributed by atoms with E-state index < -0.39 is 17.2 Å². The molecule has 4 rings (SSSR count). The minimum Gasteiger partial charge on any atom is -0.497 e. The fraction of sp³-hybridized carbons (Fsp3) is 0.480. The lowest BCUT2D eigenvalue weighted by atomic mass is 9.95. The van der Waals surface area contributed by atoms with Crippen molar-refractivity contribution in [3.63, 3.8) is 0 Å². The molecule has 33 heavy (non-hydrogen) atoms. The van der Waals surface area contributed by atoms with Crippen molar-refractivity contribution in [2.24, 2.45) is 0 Å². The number of aromatic nitrogens is 1. The zero-order valence-electron chi connectivity index (χ0n) is 19.2. The van der Waals surface area contributed by atoms with Crippen LogP contribution in [0.25, 0.3) is 0 Å².